The molecule has 6 nitrogen and oxygen atoms in total. The highest BCUT2D eigenvalue weighted by molar-refractivity contribution is 6.15. The van der Waals surface area contributed by atoms with Crippen LogP contribution in [0.1, 0.15) is 19.3 Å². The van der Waals surface area contributed by atoms with Gasteiger partial charge in [-0.1, -0.05) is 0 Å². The van der Waals surface area contributed by atoms with Crippen LogP contribution in [0, 0.1) is 23.7 Å². The quantitative estimate of drug-likeness (QED) is 0.596. The predicted octanol–water partition coefficient (Wildman–Crippen LogP) is -0.380. The van der Waals surface area contributed by atoms with Crippen molar-refractivity contribution in [3.63, 3.8) is 0 Å². The van der Waals surface area contributed by atoms with E-state index in [2.05, 4.69) is 21.1 Å². The third-order valence-corrected chi connectivity index (χ3v) is 4.39. The maximum Gasteiger partial charge on any atom is 0.249 e. The van der Waals surface area contributed by atoms with Crippen LogP contribution < -0.4 is 10.9 Å². The van der Waals surface area contributed by atoms with Gasteiger partial charge in [-0.05, 0) is 25.2 Å². The Hall–Kier alpha value is -1.72. The fraction of sp³-hybridized carbons (Fsp3) is 0.636. The summed E-state index contributed by atoms with van der Waals surface area (Å²) in [5.74, 6) is 0.342. The van der Waals surface area contributed by atoms with Gasteiger partial charge in [-0.25, -0.2) is 10.9 Å². The maximum absolute atomic E-state index is 11.7. The molecule has 17 heavy (non-hydrogen) atoms. The van der Waals surface area contributed by atoms with Crippen LogP contribution >= 0.6 is 0 Å². The summed E-state index contributed by atoms with van der Waals surface area (Å²) >= 11 is 0. The van der Waals surface area contributed by atoms with E-state index in [1.165, 1.54) is 0 Å². The van der Waals surface area contributed by atoms with Gasteiger partial charge in [0.2, 0.25) is 11.8 Å². The number of rotatable bonds is 0. The molecule has 2 aliphatic carbocycles. The highest BCUT2D eigenvalue weighted by atomic mass is 16.2. The number of fused-ring (bicyclic) bond motifs is 6. The van der Waals surface area contributed by atoms with Crippen molar-refractivity contribution in [2.75, 3.05) is 0 Å². The zero-order valence-electron chi connectivity index (χ0n) is 9.14. The molecule has 0 spiro atoms. The molecule has 0 saturated heterocycles. The molecule has 4 rings (SSSR count). The minimum absolute atomic E-state index is 0.00208. The summed E-state index contributed by atoms with van der Waals surface area (Å²) in [6.45, 7) is 0. The number of carbonyl (C=O) groups excluding carboxylic acids is 2. The van der Waals surface area contributed by atoms with E-state index in [1.54, 1.807) is 0 Å². The molecule has 2 aliphatic heterocycles. The summed E-state index contributed by atoms with van der Waals surface area (Å²) < 4.78 is 0. The van der Waals surface area contributed by atoms with Gasteiger partial charge in [0, 0.05) is 5.92 Å². The topological polar surface area (TPSA) is 82.9 Å². The minimum atomic E-state index is -0.103. The SMILES string of the molecule is O=C1NN=C2[C@@H]3CC4=NNC(=O)[C@H]4[C@@H](C3)C[C@@H]12. The van der Waals surface area contributed by atoms with Crippen molar-refractivity contribution in [3.8, 4) is 0 Å². The van der Waals surface area contributed by atoms with Crippen LogP contribution in [0.4, 0.5) is 0 Å². The third-order valence-electron chi connectivity index (χ3n) is 4.39. The van der Waals surface area contributed by atoms with Crippen molar-refractivity contribution in [3.05, 3.63) is 0 Å². The Morgan fingerprint density at radius 3 is 2.76 bits per heavy atom. The third kappa shape index (κ3) is 1.10. The average molecular weight is 232 g/mol. The Morgan fingerprint density at radius 1 is 1.06 bits per heavy atom. The Kier molecular flexibility index (Phi) is 1.61. The van der Waals surface area contributed by atoms with Gasteiger partial charge in [0.1, 0.15) is 0 Å². The standard InChI is InChI=1S/C11H12N4O2/c16-10-6-2-4-1-5(9(6)13-14-10)3-7-8(4)11(17)15-12-7/h4-6,8H,1-3H2,(H,14,16)(H,15,17)/t4-,5-,6+,8-/m0/s1. The van der Waals surface area contributed by atoms with Gasteiger partial charge in [0.15, 0.2) is 0 Å². The van der Waals surface area contributed by atoms with Gasteiger partial charge in [-0.2, -0.15) is 10.2 Å². The average Bonchev–Trinajstić information content (AvgIpc) is 2.85. The Balaban J connectivity index is 1.73. The molecule has 4 atom stereocenters. The number of hydrazone groups is 2. The van der Waals surface area contributed by atoms with Crippen LogP contribution in [0.5, 0.6) is 0 Å². The molecular weight excluding hydrogens is 220 g/mol. The number of nitrogens with one attached hydrogen (secondary N) is 2. The van der Waals surface area contributed by atoms with E-state index in [-0.39, 0.29) is 29.6 Å². The second kappa shape index (κ2) is 2.94. The number of nitrogens with zero attached hydrogens (tertiary/aromatic N) is 2. The summed E-state index contributed by atoms with van der Waals surface area (Å²) in [5, 5.41) is 8.26. The molecule has 2 bridgehead atoms. The van der Waals surface area contributed by atoms with Gasteiger partial charge in [-0.15, -0.1) is 0 Å². The number of carbonyl (C=O) groups is 2. The first-order valence-electron chi connectivity index (χ1n) is 5.97. The Labute approximate surface area is 97.5 Å². The zero-order valence-corrected chi connectivity index (χ0v) is 9.14. The van der Waals surface area contributed by atoms with Gasteiger partial charge in [-0.3, -0.25) is 9.59 Å². The molecule has 0 aromatic carbocycles. The highest BCUT2D eigenvalue weighted by Crippen LogP contribution is 2.45. The molecule has 88 valence electrons. The Morgan fingerprint density at radius 2 is 1.88 bits per heavy atom. The van der Waals surface area contributed by atoms with Crippen LogP contribution in [-0.2, 0) is 9.59 Å². The maximum atomic E-state index is 11.7. The molecule has 6 heteroatoms. The number of hydrogen-bond donors (Lipinski definition) is 2. The summed E-state index contributed by atoms with van der Waals surface area (Å²) in [4.78, 5) is 23.4. The fourth-order valence-corrected chi connectivity index (χ4v) is 3.69. The van der Waals surface area contributed by atoms with Crippen molar-refractivity contribution in [2.45, 2.75) is 19.3 Å². The molecule has 2 N–H and O–H groups in total. The van der Waals surface area contributed by atoms with Crippen LogP contribution in [-0.4, -0.2) is 23.2 Å². The van der Waals surface area contributed by atoms with Gasteiger partial charge in [0.05, 0.1) is 23.3 Å². The number of hydrogen-bond acceptors (Lipinski definition) is 4. The van der Waals surface area contributed by atoms with Gasteiger partial charge in [0.25, 0.3) is 0 Å². The Bertz CT molecular complexity index is 496. The van der Waals surface area contributed by atoms with E-state index in [1.807, 2.05) is 0 Å². The molecule has 2 saturated carbocycles. The lowest BCUT2D eigenvalue weighted by Crippen LogP contribution is -2.46. The van der Waals surface area contributed by atoms with Crippen LogP contribution in [0.2, 0.25) is 0 Å². The lowest BCUT2D eigenvalue weighted by Gasteiger charge is -2.39. The first kappa shape index (κ1) is 9.32. The van der Waals surface area contributed by atoms with E-state index in [0.717, 1.165) is 30.7 Å². The van der Waals surface area contributed by atoms with Crippen molar-refractivity contribution >= 4 is 23.2 Å². The fourth-order valence-electron chi connectivity index (χ4n) is 3.69. The first-order chi connectivity index (χ1) is 8.24. The van der Waals surface area contributed by atoms with Crippen molar-refractivity contribution < 1.29 is 9.59 Å². The molecule has 0 radical (unpaired) electrons. The van der Waals surface area contributed by atoms with Crippen LogP contribution in [0.15, 0.2) is 10.2 Å². The molecule has 0 unspecified atom stereocenters. The molecule has 2 amide bonds. The molecular formula is C11H12N4O2. The van der Waals surface area contributed by atoms with Gasteiger partial charge < -0.3 is 0 Å². The summed E-state index contributed by atoms with van der Waals surface area (Å²) in [6, 6.07) is 0. The number of amides is 2. The summed E-state index contributed by atoms with van der Waals surface area (Å²) in [7, 11) is 0. The second-order valence-electron chi connectivity index (χ2n) is 5.25. The summed E-state index contributed by atoms with van der Waals surface area (Å²) in [5.41, 5.74) is 7.05. The van der Waals surface area contributed by atoms with Crippen molar-refractivity contribution in [1.82, 2.24) is 10.9 Å². The monoisotopic (exact) mass is 232 g/mol. The minimum Gasteiger partial charge on any atom is -0.272 e. The van der Waals surface area contributed by atoms with E-state index in [4.69, 9.17) is 0 Å². The lowest BCUT2D eigenvalue weighted by molar-refractivity contribution is -0.126. The molecule has 2 heterocycles. The van der Waals surface area contributed by atoms with Crippen molar-refractivity contribution in [2.24, 2.45) is 33.9 Å². The van der Waals surface area contributed by atoms with Gasteiger partial charge >= 0.3 is 0 Å². The molecule has 4 aliphatic rings. The van der Waals surface area contributed by atoms with E-state index in [9.17, 15) is 9.59 Å². The van der Waals surface area contributed by atoms with E-state index < -0.39 is 0 Å². The van der Waals surface area contributed by atoms with Crippen LogP contribution in [0.3, 0.4) is 0 Å². The smallest absolute Gasteiger partial charge is 0.249 e. The zero-order chi connectivity index (χ0) is 11.6. The first-order valence-corrected chi connectivity index (χ1v) is 5.97. The lowest BCUT2D eigenvalue weighted by atomic mass is 9.62. The van der Waals surface area contributed by atoms with Crippen molar-refractivity contribution in [1.29, 1.82) is 0 Å². The molecule has 0 aromatic rings. The molecule has 0 aromatic heterocycles. The highest BCUT2D eigenvalue weighted by Gasteiger charge is 2.51. The summed E-state index contributed by atoms with van der Waals surface area (Å²) in [6.07, 6.45) is 2.46. The van der Waals surface area contributed by atoms with Crippen LogP contribution in [0.25, 0.3) is 0 Å². The normalized spacial score (nSPS) is 42.1. The second-order valence-corrected chi connectivity index (χ2v) is 5.25. The predicted molar refractivity (Wildman–Crippen MR) is 59.0 cm³/mol. The largest absolute Gasteiger partial charge is 0.272 e. The van der Waals surface area contributed by atoms with E-state index >= 15 is 0 Å². The van der Waals surface area contributed by atoms with E-state index in [0.29, 0.717) is 5.92 Å². The molecule has 2 fully saturated rings.